The van der Waals surface area contributed by atoms with E-state index in [2.05, 4.69) is 37.8 Å². The summed E-state index contributed by atoms with van der Waals surface area (Å²) in [6.45, 7) is 9.38. The predicted molar refractivity (Wildman–Crippen MR) is 94.1 cm³/mol. The minimum absolute atomic E-state index is 0.316. The highest BCUT2D eigenvalue weighted by atomic mass is 16.5. The van der Waals surface area contributed by atoms with Crippen LogP contribution in [0.4, 0.5) is 0 Å². The second-order valence-electron chi connectivity index (χ2n) is 6.24. The topological polar surface area (TPSA) is 38.8 Å². The zero-order valence-electron chi connectivity index (χ0n) is 15.1. The zero-order valence-corrected chi connectivity index (χ0v) is 15.1. The van der Waals surface area contributed by atoms with Crippen LogP contribution < -0.4 is 0 Å². The third-order valence-electron chi connectivity index (χ3n) is 3.89. The van der Waals surface area contributed by atoms with Crippen molar-refractivity contribution in [3.8, 4) is 0 Å². The number of nitrogens with zero attached hydrogens (tertiary/aromatic N) is 1. The van der Waals surface area contributed by atoms with Crippen molar-refractivity contribution >= 4 is 5.97 Å². The molecule has 0 unspecified atom stereocenters. The van der Waals surface area contributed by atoms with Gasteiger partial charge in [0.05, 0.1) is 20.3 Å². The Balaban J connectivity index is 2.41. The molecule has 0 aromatic carbocycles. The number of rotatable bonds is 9. The van der Waals surface area contributed by atoms with Crippen molar-refractivity contribution in [2.75, 3.05) is 33.4 Å². The van der Waals surface area contributed by atoms with Gasteiger partial charge >= 0.3 is 5.97 Å². The smallest absolute Gasteiger partial charge is 0.332 e. The summed E-state index contributed by atoms with van der Waals surface area (Å²) in [6.07, 6.45) is 10.4. The number of carbonyl (C=O) groups is 1. The Kier molecular flexibility index (Phi) is 9.37. The second kappa shape index (κ2) is 11.1. The van der Waals surface area contributed by atoms with Crippen molar-refractivity contribution in [1.82, 2.24) is 4.90 Å². The van der Waals surface area contributed by atoms with Crippen LogP contribution in [-0.4, -0.2) is 44.3 Å². The Hall–Kier alpha value is -1.55. The van der Waals surface area contributed by atoms with E-state index in [1.807, 2.05) is 0 Å². The lowest BCUT2D eigenvalue weighted by atomic mass is 10.1. The van der Waals surface area contributed by atoms with E-state index in [-0.39, 0.29) is 5.97 Å². The molecule has 1 saturated heterocycles. The van der Waals surface area contributed by atoms with Gasteiger partial charge in [-0.05, 0) is 46.5 Å². The third-order valence-corrected chi connectivity index (χ3v) is 3.89. The molecule has 130 valence electrons. The number of methoxy groups -OCH3 is 1. The van der Waals surface area contributed by atoms with Gasteiger partial charge in [0.2, 0.25) is 0 Å². The quantitative estimate of drug-likeness (QED) is 0.280. The van der Waals surface area contributed by atoms with Crippen LogP contribution in [0.25, 0.3) is 0 Å². The number of hydrogen-bond donors (Lipinski definition) is 0. The molecule has 0 N–H and O–H groups in total. The summed E-state index contributed by atoms with van der Waals surface area (Å²) in [5, 5.41) is 0. The minimum Gasteiger partial charge on any atom is -0.466 e. The van der Waals surface area contributed by atoms with Gasteiger partial charge in [0, 0.05) is 24.9 Å². The van der Waals surface area contributed by atoms with Gasteiger partial charge in [0.1, 0.15) is 0 Å². The van der Waals surface area contributed by atoms with E-state index < -0.39 is 0 Å². The molecule has 0 bridgehead atoms. The van der Waals surface area contributed by atoms with E-state index in [0.29, 0.717) is 13.2 Å². The fourth-order valence-electron chi connectivity index (χ4n) is 2.48. The molecule has 0 aromatic rings. The van der Waals surface area contributed by atoms with E-state index in [0.717, 1.165) is 31.6 Å². The molecule has 0 aliphatic carbocycles. The lowest BCUT2D eigenvalue weighted by Crippen LogP contribution is -2.23. The van der Waals surface area contributed by atoms with Crippen molar-refractivity contribution in [3.05, 3.63) is 35.1 Å². The van der Waals surface area contributed by atoms with Crippen molar-refractivity contribution in [2.24, 2.45) is 0 Å². The first-order chi connectivity index (χ1) is 11.0. The van der Waals surface area contributed by atoms with E-state index in [1.165, 1.54) is 31.1 Å². The maximum Gasteiger partial charge on any atom is 0.332 e. The van der Waals surface area contributed by atoms with Crippen LogP contribution in [0.2, 0.25) is 0 Å². The summed E-state index contributed by atoms with van der Waals surface area (Å²) in [4.78, 5) is 13.7. The molecule has 0 radical (unpaired) electrons. The Morgan fingerprint density at radius 1 is 1.13 bits per heavy atom. The van der Waals surface area contributed by atoms with Gasteiger partial charge < -0.3 is 14.4 Å². The molecule has 0 atom stereocenters. The molecule has 1 aliphatic rings. The first-order valence-corrected chi connectivity index (χ1v) is 8.43. The van der Waals surface area contributed by atoms with Gasteiger partial charge in [0.15, 0.2) is 0 Å². The maximum absolute atomic E-state index is 11.5. The summed E-state index contributed by atoms with van der Waals surface area (Å²) >= 11 is 0. The van der Waals surface area contributed by atoms with Gasteiger partial charge in [-0.3, -0.25) is 0 Å². The van der Waals surface area contributed by atoms with E-state index in [9.17, 15) is 4.79 Å². The summed E-state index contributed by atoms with van der Waals surface area (Å²) in [7, 11) is 1.40. The maximum atomic E-state index is 11.5. The molecule has 0 spiro atoms. The van der Waals surface area contributed by atoms with Gasteiger partial charge in [0.25, 0.3) is 0 Å². The highest BCUT2D eigenvalue weighted by molar-refractivity contribution is 5.82. The number of likely N-dealkylation sites (tertiary alicyclic amines) is 1. The highest BCUT2D eigenvalue weighted by Gasteiger charge is 2.16. The molecule has 1 aliphatic heterocycles. The summed E-state index contributed by atoms with van der Waals surface area (Å²) in [5.41, 5.74) is 3.62. The number of carbonyl (C=O) groups excluding carboxylic acids is 1. The zero-order chi connectivity index (χ0) is 17.1. The molecular weight excluding hydrogens is 290 g/mol. The molecule has 1 fully saturated rings. The van der Waals surface area contributed by atoms with Gasteiger partial charge in [-0.1, -0.05) is 23.3 Å². The molecule has 1 heterocycles. The molecular formula is C19H31NO3. The molecule has 4 heteroatoms. The Labute approximate surface area is 140 Å². The summed E-state index contributed by atoms with van der Waals surface area (Å²) in [6, 6.07) is 0. The largest absolute Gasteiger partial charge is 0.466 e. The van der Waals surface area contributed by atoms with Crippen molar-refractivity contribution in [2.45, 2.75) is 46.5 Å². The molecule has 0 saturated carbocycles. The molecule has 23 heavy (non-hydrogen) atoms. The normalized spacial score (nSPS) is 15.7. The summed E-state index contributed by atoms with van der Waals surface area (Å²) < 4.78 is 10.5. The number of ether oxygens (including phenoxy) is 2. The minimum atomic E-state index is -0.316. The van der Waals surface area contributed by atoms with E-state index in [4.69, 9.17) is 9.47 Å². The van der Waals surface area contributed by atoms with Crippen molar-refractivity contribution in [3.63, 3.8) is 0 Å². The molecule has 0 amide bonds. The third kappa shape index (κ3) is 8.60. The Morgan fingerprint density at radius 2 is 1.83 bits per heavy atom. The predicted octanol–water partition coefficient (Wildman–Crippen LogP) is 3.85. The molecule has 0 aromatic heterocycles. The SMILES string of the molecule is COC(=O)/C=C(\COC/C=C(\C)CCC=C(C)C)N1CCCC1. The van der Waals surface area contributed by atoms with Gasteiger partial charge in [-0.25, -0.2) is 4.79 Å². The molecule has 1 rings (SSSR count). The Morgan fingerprint density at radius 3 is 2.43 bits per heavy atom. The summed E-state index contributed by atoms with van der Waals surface area (Å²) in [5.74, 6) is -0.316. The Bertz CT molecular complexity index is 453. The fraction of sp³-hybridized carbons (Fsp3) is 0.632. The first kappa shape index (κ1) is 19.5. The van der Waals surface area contributed by atoms with E-state index >= 15 is 0 Å². The van der Waals surface area contributed by atoms with Gasteiger partial charge in [-0.15, -0.1) is 0 Å². The lowest BCUT2D eigenvalue weighted by Gasteiger charge is -2.21. The monoisotopic (exact) mass is 321 g/mol. The second-order valence-corrected chi connectivity index (χ2v) is 6.24. The molecule has 4 nitrogen and oxygen atoms in total. The average molecular weight is 321 g/mol. The highest BCUT2D eigenvalue weighted by Crippen LogP contribution is 2.15. The number of esters is 1. The van der Waals surface area contributed by atoms with Crippen LogP contribution in [0, 0.1) is 0 Å². The number of hydrogen-bond acceptors (Lipinski definition) is 4. The first-order valence-electron chi connectivity index (χ1n) is 8.43. The van der Waals surface area contributed by atoms with Crippen LogP contribution >= 0.6 is 0 Å². The van der Waals surface area contributed by atoms with Crippen LogP contribution in [0.15, 0.2) is 35.1 Å². The fourth-order valence-corrected chi connectivity index (χ4v) is 2.48. The van der Waals surface area contributed by atoms with Gasteiger partial charge in [-0.2, -0.15) is 0 Å². The van der Waals surface area contributed by atoms with Crippen molar-refractivity contribution < 1.29 is 14.3 Å². The van der Waals surface area contributed by atoms with Crippen LogP contribution in [0.3, 0.4) is 0 Å². The number of allylic oxidation sites excluding steroid dienone is 3. The van der Waals surface area contributed by atoms with Crippen LogP contribution in [0.5, 0.6) is 0 Å². The standard InChI is InChI=1S/C19H31NO3/c1-16(2)8-7-9-17(3)10-13-23-15-18(14-19(21)22-4)20-11-5-6-12-20/h8,10,14H,5-7,9,11-13,15H2,1-4H3/b17-10+,18-14+. The van der Waals surface area contributed by atoms with Crippen LogP contribution in [-0.2, 0) is 14.3 Å². The average Bonchev–Trinajstić information content (AvgIpc) is 3.03. The van der Waals surface area contributed by atoms with Crippen molar-refractivity contribution in [1.29, 1.82) is 0 Å². The van der Waals surface area contributed by atoms with E-state index in [1.54, 1.807) is 6.08 Å². The lowest BCUT2D eigenvalue weighted by molar-refractivity contribution is -0.135. The van der Waals surface area contributed by atoms with Crippen LogP contribution in [0.1, 0.15) is 46.5 Å².